The van der Waals surface area contributed by atoms with Gasteiger partial charge in [0.15, 0.2) is 6.29 Å². The first kappa shape index (κ1) is 10.7. The molecular formula is C11H6Cl2OS. The molecule has 0 bridgehead atoms. The Morgan fingerprint density at radius 3 is 2.47 bits per heavy atom. The van der Waals surface area contributed by atoms with Crippen LogP contribution >= 0.6 is 34.5 Å². The minimum Gasteiger partial charge on any atom is -0.298 e. The highest BCUT2D eigenvalue weighted by Gasteiger charge is 2.07. The van der Waals surface area contributed by atoms with Crippen LogP contribution in [0.15, 0.2) is 29.6 Å². The van der Waals surface area contributed by atoms with Crippen molar-refractivity contribution in [1.29, 1.82) is 0 Å². The number of aldehydes is 1. The van der Waals surface area contributed by atoms with E-state index in [-0.39, 0.29) is 0 Å². The first-order valence-electron chi connectivity index (χ1n) is 4.20. The number of hydrogen-bond donors (Lipinski definition) is 0. The second-order valence-corrected chi connectivity index (χ2v) is 4.68. The van der Waals surface area contributed by atoms with E-state index in [9.17, 15) is 4.79 Å². The van der Waals surface area contributed by atoms with Crippen LogP contribution in [0.1, 0.15) is 10.4 Å². The Hall–Kier alpha value is -0.830. The molecule has 0 saturated heterocycles. The Labute approximate surface area is 101 Å². The van der Waals surface area contributed by atoms with Crippen molar-refractivity contribution in [3.63, 3.8) is 0 Å². The molecule has 76 valence electrons. The molecule has 1 heterocycles. The average Bonchev–Trinajstić information content (AvgIpc) is 2.64. The minimum atomic E-state index is 0.451. The summed E-state index contributed by atoms with van der Waals surface area (Å²) in [5.74, 6) is 0. The highest BCUT2D eigenvalue weighted by atomic mass is 35.5. The largest absolute Gasteiger partial charge is 0.298 e. The molecule has 2 rings (SSSR count). The molecular weight excluding hydrogens is 251 g/mol. The lowest BCUT2D eigenvalue weighted by atomic mass is 10.1. The van der Waals surface area contributed by atoms with Gasteiger partial charge in [0.05, 0.1) is 14.9 Å². The number of rotatable bonds is 2. The van der Waals surface area contributed by atoms with Crippen LogP contribution in [-0.4, -0.2) is 6.29 Å². The van der Waals surface area contributed by atoms with Crippen LogP contribution in [0.25, 0.3) is 10.4 Å². The van der Waals surface area contributed by atoms with E-state index in [4.69, 9.17) is 23.2 Å². The lowest BCUT2D eigenvalue weighted by Crippen LogP contribution is -1.82. The second kappa shape index (κ2) is 4.35. The van der Waals surface area contributed by atoms with E-state index in [1.54, 1.807) is 23.5 Å². The molecule has 4 heteroatoms. The molecule has 0 N–H and O–H groups in total. The fourth-order valence-electron chi connectivity index (χ4n) is 1.26. The molecule has 0 aliphatic rings. The summed E-state index contributed by atoms with van der Waals surface area (Å²) in [5, 5.41) is 3.07. The summed E-state index contributed by atoms with van der Waals surface area (Å²) < 4.78 is 0. The zero-order valence-corrected chi connectivity index (χ0v) is 9.86. The zero-order chi connectivity index (χ0) is 10.8. The lowest BCUT2D eigenvalue weighted by Gasteiger charge is -2.01. The summed E-state index contributed by atoms with van der Waals surface area (Å²) in [6.07, 6.45) is 0.738. The number of thiophene rings is 1. The first-order chi connectivity index (χ1) is 7.22. The van der Waals surface area contributed by atoms with E-state index in [2.05, 4.69) is 0 Å². The van der Waals surface area contributed by atoms with Gasteiger partial charge in [0.2, 0.25) is 0 Å². The number of carbonyl (C=O) groups is 1. The Bertz CT molecular complexity index is 505. The van der Waals surface area contributed by atoms with Crippen LogP contribution in [0.4, 0.5) is 0 Å². The lowest BCUT2D eigenvalue weighted by molar-refractivity contribution is 0.112. The van der Waals surface area contributed by atoms with E-state index in [1.165, 1.54) is 0 Å². The first-order valence-corrected chi connectivity index (χ1v) is 5.84. The molecule has 0 radical (unpaired) electrons. The summed E-state index contributed by atoms with van der Waals surface area (Å²) in [4.78, 5) is 11.6. The molecule has 0 aliphatic carbocycles. The van der Waals surface area contributed by atoms with E-state index in [1.807, 2.05) is 17.5 Å². The van der Waals surface area contributed by atoms with Crippen LogP contribution in [0.3, 0.4) is 0 Å². The van der Waals surface area contributed by atoms with Crippen molar-refractivity contribution in [3.8, 4) is 10.4 Å². The van der Waals surface area contributed by atoms with Gasteiger partial charge in [-0.05, 0) is 29.1 Å². The van der Waals surface area contributed by atoms with Gasteiger partial charge in [-0.3, -0.25) is 4.79 Å². The van der Waals surface area contributed by atoms with Crippen molar-refractivity contribution >= 4 is 40.8 Å². The topological polar surface area (TPSA) is 17.1 Å². The third-order valence-corrected chi connectivity index (χ3v) is 3.72. The maximum absolute atomic E-state index is 10.6. The Balaban J connectivity index is 2.52. The third-order valence-electron chi connectivity index (χ3n) is 2.01. The van der Waals surface area contributed by atoms with Crippen LogP contribution in [-0.2, 0) is 0 Å². The van der Waals surface area contributed by atoms with Gasteiger partial charge in [0.1, 0.15) is 0 Å². The molecule has 2 aromatic rings. The van der Waals surface area contributed by atoms with Gasteiger partial charge in [-0.25, -0.2) is 0 Å². The predicted molar refractivity (Wildman–Crippen MR) is 65.2 cm³/mol. The molecule has 1 aromatic carbocycles. The number of hydrogen-bond acceptors (Lipinski definition) is 2. The van der Waals surface area contributed by atoms with Gasteiger partial charge in [-0.1, -0.05) is 29.3 Å². The van der Waals surface area contributed by atoms with Crippen LogP contribution < -0.4 is 0 Å². The quantitative estimate of drug-likeness (QED) is 0.722. The van der Waals surface area contributed by atoms with Crippen LogP contribution in [0.2, 0.25) is 10.0 Å². The molecule has 0 spiro atoms. The minimum absolute atomic E-state index is 0.451. The Morgan fingerprint density at radius 2 is 1.93 bits per heavy atom. The average molecular weight is 257 g/mol. The van der Waals surface area contributed by atoms with Crippen molar-refractivity contribution in [2.45, 2.75) is 0 Å². The van der Waals surface area contributed by atoms with Crippen LogP contribution in [0.5, 0.6) is 0 Å². The van der Waals surface area contributed by atoms with Gasteiger partial charge >= 0.3 is 0 Å². The summed E-state index contributed by atoms with van der Waals surface area (Å²) in [6.45, 7) is 0. The molecule has 0 atom stereocenters. The fourth-order valence-corrected chi connectivity index (χ4v) is 2.65. The molecule has 0 fully saturated rings. The normalized spacial score (nSPS) is 10.3. The summed E-state index contributed by atoms with van der Waals surface area (Å²) in [5.41, 5.74) is 1.43. The van der Waals surface area contributed by atoms with E-state index in [0.717, 1.165) is 16.7 Å². The number of halogens is 2. The Morgan fingerprint density at radius 1 is 1.13 bits per heavy atom. The SMILES string of the molecule is O=Cc1ccc(-c2sccc2Cl)cc1Cl. The summed E-state index contributed by atoms with van der Waals surface area (Å²) >= 11 is 13.5. The van der Waals surface area contributed by atoms with Gasteiger partial charge in [-0.2, -0.15) is 0 Å². The molecule has 1 aromatic heterocycles. The van der Waals surface area contributed by atoms with Crippen LogP contribution in [0, 0.1) is 0 Å². The third kappa shape index (κ3) is 2.07. The molecule has 0 saturated carbocycles. The van der Waals surface area contributed by atoms with Gasteiger partial charge in [0.25, 0.3) is 0 Å². The molecule has 15 heavy (non-hydrogen) atoms. The highest BCUT2D eigenvalue weighted by molar-refractivity contribution is 7.14. The predicted octanol–water partition coefficient (Wildman–Crippen LogP) is 4.53. The van der Waals surface area contributed by atoms with Gasteiger partial charge in [0, 0.05) is 5.56 Å². The number of benzene rings is 1. The summed E-state index contributed by atoms with van der Waals surface area (Å²) in [7, 11) is 0. The maximum Gasteiger partial charge on any atom is 0.151 e. The standard InChI is InChI=1S/C11H6Cl2OS/c12-9-3-4-15-11(9)7-1-2-8(6-14)10(13)5-7/h1-6H. The Kier molecular flexibility index (Phi) is 3.10. The monoisotopic (exact) mass is 256 g/mol. The van der Waals surface area contributed by atoms with Crippen molar-refractivity contribution < 1.29 is 4.79 Å². The number of carbonyl (C=O) groups excluding carboxylic acids is 1. The molecule has 0 aliphatic heterocycles. The fraction of sp³-hybridized carbons (Fsp3) is 0. The van der Waals surface area contributed by atoms with E-state index >= 15 is 0 Å². The molecule has 0 unspecified atom stereocenters. The molecule has 1 nitrogen and oxygen atoms in total. The van der Waals surface area contributed by atoms with Crippen molar-refractivity contribution in [2.24, 2.45) is 0 Å². The maximum atomic E-state index is 10.6. The van der Waals surface area contributed by atoms with Crippen molar-refractivity contribution in [1.82, 2.24) is 0 Å². The summed E-state index contributed by atoms with van der Waals surface area (Å²) in [6, 6.07) is 7.13. The van der Waals surface area contributed by atoms with Crippen molar-refractivity contribution in [3.05, 3.63) is 45.3 Å². The molecule has 0 amide bonds. The van der Waals surface area contributed by atoms with E-state index < -0.39 is 0 Å². The zero-order valence-electron chi connectivity index (χ0n) is 7.54. The smallest absolute Gasteiger partial charge is 0.151 e. The second-order valence-electron chi connectivity index (χ2n) is 2.95. The van der Waals surface area contributed by atoms with E-state index in [0.29, 0.717) is 15.6 Å². The van der Waals surface area contributed by atoms with Gasteiger partial charge < -0.3 is 0 Å². The highest BCUT2D eigenvalue weighted by Crippen LogP contribution is 2.34. The van der Waals surface area contributed by atoms with Crippen molar-refractivity contribution in [2.75, 3.05) is 0 Å². The van der Waals surface area contributed by atoms with Gasteiger partial charge in [-0.15, -0.1) is 11.3 Å².